The number of benzene rings is 1. The molecular formula is C11H9Br2NO3. The van der Waals surface area contributed by atoms with Gasteiger partial charge >= 0.3 is 0 Å². The van der Waals surface area contributed by atoms with Crippen LogP contribution >= 0.6 is 31.9 Å². The van der Waals surface area contributed by atoms with Gasteiger partial charge in [-0.05, 0) is 12.1 Å². The molecule has 0 unspecified atom stereocenters. The molecule has 0 spiro atoms. The van der Waals surface area contributed by atoms with Gasteiger partial charge in [-0.15, -0.1) is 0 Å². The van der Waals surface area contributed by atoms with Crippen molar-refractivity contribution in [3.63, 3.8) is 0 Å². The molecule has 1 rings (SSSR count). The largest absolute Gasteiger partial charge is 0.342 e. The Hall–Kier alpha value is -1.01. The molecule has 0 heterocycles. The monoisotopic (exact) mass is 361 g/mol. The van der Waals surface area contributed by atoms with Gasteiger partial charge in [0.15, 0.2) is 5.78 Å². The molecule has 0 aliphatic rings. The molecule has 1 aromatic carbocycles. The molecule has 1 N–H and O–H groups in total. The van der Waals surface area contributed by atoms with E-state index in [1.165, 1.54) is 0 Å². The molecule has 0 bridgehead atoms. The van der Waals surface area contributed by atoms with Crippen LogP contribution in [0.15, 0.2) is 28.7 Å². The second-order valence-corrected chi connectivity index (χ2v) is 4.65. The minimum absolute atomic E-state index is 0.0517. The number of halogens is 2. The number of alkyl halides is 1. The zero-order valence-corrected chi connectivity index (χ0v) is 11.9. The van der Waals surface area contributed by atoms with E-state index in [4.69, 9.17) is 0 Å². The van der Waals surface area contributed by atoms with Crippen LogP contribution in [0.2, 0.25) is 0 Å². The van der Waals surface area contributed by atoms with Gasteiger partial charge in [0.1, 0.15) is 0 Å². The van der Waals surface area contributed by atoms with E-state index in [1.807, 2.05) is 0 Å². The smallest absolute Gasteiger partial charge is 0.288 e. The van der Waals surface area contributed by atoms with E-state index in [0.29, 0.717) is 5.56 Å². The van der Waals surface area contributed by atoms with Crippen molar-refractivity contribution >= 4 is 49.3 Å². The quantitative estimate of drug-likeness (QED) is 0.492. The predicted octanol–water partition coefficient (Wildman–Crippen LogP) is 1.71. The first-order chi connectivity index (χ1) is 8.04. The zero-order valence-electron chi connectivity index (χ0n) is 8.70. The molecule has 90 valence electrons. The average molecular weight is 363 g/mol. The number of hydrogen-bond donors (Lipinski definition) is 1. The van der Waals surface area contributed by atoms with Crippen LogP contribution in [0.5, 0.6) is 0 Å². The number of nitrogens with one attached hydrogen (secondary N) is 1. The molecule has 0 aromatic heterocycles. The minimum atomic E-state index is -0.759. The summed E-state index contributed by atoms with van der Waals surface area (Å²) >= 11 is 6.12. The van der Waals surface area contributed by atoms with Crippen molar-refractivity contribution in [2.75, 3.05) is 11.9 Å². The highest BCUT2D eigenvalue weighted by Crippen LogP contribution is 2.11. The molecular weight excluding hydrogens is 354 g/mol. The van der Waals surface area contributed by atoms with Crippen LogP contribution in [0.1, 0.15) is 10.4 Å². The third-order valence-electron chi connectivity index (χ3n) is 1.93. The Morgan fingerprint density at radius 3 is 2.53 bits per heavy atom. The summed E-state index contributed by atoms with van der Waals surface area (Å²) in [5.41, 5.74) is 0.478. The number of ketones is 2. The molecule has 4 nitrogen and oxygen atoms in total. The molecule has 0 fully saturated rings. The Morgan fingerprint density at radius 2 is 1.94 bits per heavy atom. The molecule has 1 amide bonds. The fraction of sp³-hybridized carbons (Fsp3) is 0.182. The van der Waals surface area contributed by atoms with Gasteiger partial charge < -0.3 is 5.32 Å². The number of amides is 1. The molecule has 0 saturated carbocycles. The minimum Gasteiger partial charge on any atom is -0.342 e. The summed E-state index contributed by atoms with van der Waals surface area (Å²) < 4.78 is 0.784. The highest BCUT2D eigenvalue weighted by molar-refractivity contribution is 9.10. The maximum absolute atomic E-state index is 11.7. The lowest BCUT2D eigenvalue weighted by molar-refractivity contribution is -0.136. The maximum atomic E-state index is 11.7. The molecule has 17 heavy (non-hydrogen) atoms. The fourth-order valence-electron chi connectivity index (χ4n) is 1.08. The normalized spacial score (nSPS) is 9.76. The van der Waals surface area contributed by atoms with Crippen LogP contribution in [0.4, 0.5) is 0 Å². The first kappa shape index (κ1) is 14.1. The van der Waals surface area contributed by atoms with E-state index in [9.17, 15) is 14.4 Å². The van der Waals surface area contributed by atoms with E-state index >= 15 is 0 Å². The molecule has 1 aromatic rings. The Morgan fingerprint density at radius 1 is 1.24 bits per heavy atom. The number of Topliss-reactive ketones (excluding diaryl/α,β-unsaturated/α-hetero) is 2. The van der Waals surface area contributed by atoms with Crippen molar-refractivity contribution < 1.29 is 14.4 Å². The highest BCUT2D eigenvalue weighted by atomic mass is 79.9. The average Bonchev–Trinajstić information content (AvgIpc) is 2.34. The second kappa shape index (κ2) is 6.66. The van der Waals surface area contributed by atoms with Gasteiger partial charge in [0, 0.05) is 10.0 Å². The third-order valence-corrected chi connectivity index (χ3v) is 2.93. The van der Waals surface area contributed by atoms with E-state index in [-0.39, 0.29) is 17.7 Å². The lowest BCUT2D eigenvalue weighted by Gasteiger charge is -2.03. The first-order valence-corrected chi connectivity index (χ1v) is 6.62. The van der Waals surface area contributed by atoms with Crippen molar-refractivity contribution in [3.8, 4) is 0 Å². The summed E-state index contributed by atoms with van der Waals surface area (Å²) in [6.45, 7) is -0.186. The van der Waals surface area contributed by atoms with Crippen molar-refractivity contribution in [2.24, 2.45) is 0 Å². The number of carbonyl (C=O) groups is 3. The standard InChI is InChI=1S/C11H9Br2NO3/c12-5-9(15)11(17)14-6-10(16)7-2-1-3-8(13)4-7/h1-4H,5-6H2,(H,14,17). The third kappa shape index (κ3) is 4.40. The van der Waals surface area contributed by atoms with Gasteiger partial charge in [0.2, 0.25) is 5.78 Å². The number of rotatable bonds is 5. The van der Waals surface area contributed by atoms with Crippen LogP contribution in [0.3, 0.4) is 0 Å². The summed E-state index contributed by atoms with van der Waals surface area (Å²) in [5.74, 6) is -1.61. The molecule has 6 heteroatoms. The molecule has 0 atom stereocenters. The molecule has 0 radical (unpaired) electrons. The van der Waals surface area contributed by atoms with Gasteiger partial charge in [0.05, 0.1) is 11.9 Å². The van der Waals surface area contributed by atoms with Gasteiger partial charge in [-0.3, -0.25) is 14.4 Å². The summed E-state index contributed by atoms with van der Waals surface area (Å²) in [4.78, 5) is 33.7. The first-order valence-electron chi connectivity index (χ1n) is 4.70. The topological polar surface area (TPSA) is 63.2 Å². The van der Waals surface area contributed by atoms with Crippen LogP contribution in [0.25, 0.3) is 0 Å². The summed E-state index contributed by atoms with van der Waals surface area (Å²) in [6.07, 6.45) is 0. The number of hydrogen-bond acceptors (Lipinski definition) is 3. The lowest BCUT2D eigenvalue weighted by atomic mass is 10.1. The SMILES string of the molecule is O=C(CBr)C(=O)NCC(=O)c1cccc(Br)c1. The molecule has 0 saturated heterocycles. The van der Waals surface area contributed by atoms with E-state index in [1.54, 1.807) is 24.3 Å². The van der Waals surface area contributed by atoms with Gasteiger partial charge in [0.25, 0.3) is 5.91 Å². The highest BCUT2D eigenvalue weighted by Gasteiger charge is 2.13. The lowest BCUT2D eigenvalue weighted by Crippen LogP contribution is -2.35. The van der Waals surface area contributed by atoms with Gasteiger partial charge in [-0.1, -0.05) is 44.0 Å². The van der Waals surface area contributed by atoms with E-state index in [2.05, 4.69) is 37.2 Å². The zero-order chi connectivity index (χ0) is 12.8. The Balaban J connectivity index is 2.56. The Labute approximate surface area is 115 Å². The maximum Gasteiger partial charge on any atom is 0.288 e. The molecule has 0 aliphatic carbocycles. The molecule has 0 aliphatic heterocycles. The van der Waals surface area contributed by atoms with E-state index < -0.39 is 11.7 Å². The van der Waals surface area contributed by atoms with Gasteiger partial charge in [-0.25, -0.2) is 0 Å². The van der Waals surface area contributed by atoms with Gasteiger partial charge in [-0.2, -0.15) is 0 Å². The summed E-state index contributed by atoms with van der Waals surface area (Å²) in [6, 6.07) is 6.82. The fourth-order valence-corrected chi connectivity index (χ4v) is 1.74. The van der Waals surface area contributed by atoms with Crippen molar-refractivity contribution in [2.45, 2.75) is 0 Å². The Kier molecular flexibility index (Phi) is 5.50. The Bertz CT molecular complexity index is 460. The van der Waals surface area contributed by atoms with Crippen molar-refractivity contribution in [3.05, 3.63) is 34.3 Å². The van der Waals surface area contributed by atoms with Crippen LogP contribution in [-0.4, -0.2) is 29.3 Å². The summed E-state index contributed by atoms with van der Waals surface area (Å²) in [5, 5.41) is 2.22. The van der Waals surface area contributed by atoms with Crippen molar-refractivity contribution in [1.29, 1.82) is 0 Å². The number of carbonyl (C=O) groups excluding carboxylic acids is 3. The van der Waals surface area contributed by atoms with Crippen LogP contribution in [-0.2, 0) is 9.59 Å². The predicted molar refractivity (Wildman–Crippen MR) is 70.3 cm³/mol. The van der Waals surface area contributed by atoms with Crippen LogP contribution < -0.4 is 5.32 Å². The van der Waals surface area contributed by atoms with E-state index in [0.717, 1.165) is 4.47 Å². The van der Waals surface area contributed by atoms with Crippen LogP contribution in [0, 0.1) is 0 Å². The second-order valence-electron chi connectivity index (χ2n) is 3.17. The summed E-state index contributed by atoms with van der Waals surface area (Å²) in [7, 11) is 0. The van der Waals surface area contributed by atoms with Crippen molar-refractivity contribution in [1.82, 2.24) is 5.32 Å².